The molecule has 0 amide bonds. The average Bonchev–Trinajstić information content (AvgIpc) is 3.63. The number of benzene rings is 8. The van der Waals surface area contributed by atoms with Crippen LogP contribution in [0.4, 0.5) is 0 Å². The van der Waals surface area contributed by atoms with Crippen LogP contribution in [0.25, 0.3) is 0 Å². The van der Waals surface area contributed by atoms with Gasteiger partial charge in [0.1, 0.15) is 67.7 Å². The average molecular weight is 1110 g/mol. The van der Waals surface area contributed by atoms with E-state index < -0.39 is 36.6 Å². The van der Waals surface area contributed by atoms with Gasteiger partial charge >= 0.3 is 0 Å². The van der Waals surface area contributed by atoms with E-state index in [9.17, 15) is 35.1 Å². The van der Waals surface area contributed by atoms with Gasteiger partial charge in [-0.15, -0.1) is 0 Å². The van der Waals surface area contributed by atoms with Gasteiger partial charge in [0, 0.05) is 53.8 Å². The predicted molar refractivity (Wildman–Crippen MR) is 315 cm³/mol. The Kier molecular flexibility index (Phi) is 23.3. The maximum atomic E-state index is 12.9. The lowest BCUT2D eigenvalue weighted by Crippen LogP contribution is -2.47. The standard InChI is InChI=1S/C68H72N2O12/c71-56(44-79-60-31-23-53(24-32-60)66(75)50-15-7-2-8-16-50)41-63(48-13-5-1-6-14-48)49-21-29-59(30-22-49)81-46-58(73)43-69-37-39-78-40-38-70-64(65(74)47-82-62-35-27-55(28-36-62)68(77)52-19-11-4-12-20-52)42-57(72)45-80-61-33-25-54(26-34-61)67(76)51-17-9-3-10-18-51/h1-36,56-58,63-66,69-75H,37-47H2. The van der Waals surface area contributed by atoms with Crippen LogP contribution < -0.4 is 29.6 Å². The van der Waals surface area contributed by atoms with E-state index in [1.165, 1.54) is 0 Å². The van der Waals surface area contributed by atoms with Crippen LogP contribution in [0.15, 0.2) is 218 Å². The van der Waals surface area contributed by atoms with Crippen molar-refractivity contribution >= 4 is 11.6 Å². The van der Waals surface area contributed by atoms with Gasteiger partial charge in [0.15, 0.2) is 11.6 Å². The lowest BCUT2D eigenvalue weighted by atomic mass is 9.87. The molecule has 7 unspecified atom stereocenters. The molecule has 0 bridgehead atoms. The van der Waals surface area contributed by atoms with Crippen LogP contribution in [0.3, 0.4) is 0 Å². The third-order valence-corrected chi connectivity index (χ3v) is 13.8. The Morgan fingerprint density at radius 1 is 0.378 bits per heavy atom. The van der Waals surface area contributed by atoms with Crippen molar-refractivity contribution in [3.05, 3.63) is 263 Å². The molecule has 0 spiro atoms. The highest BCUT2D eigenvalue weighted by molar-refractivity contribution is 6.09. The summed E-state index contributed by atoms with van der Waals surface area (Å²) in [6.07, 6.45) is -3.82. The minimum atomic E-state index is -1.05. The Balaban J connectivity index is 0.748. The largest absolute Gasteiger partial charge is 0.491 e. The third kappa shape index (κ3) is 18.8. The normalized spacial score (nSPS) is 13.9. The molecule has 0 aliphatic rings. The monoisotopic (exact) mass is 1110 g/mol. The van der Waals surface area contributed by atoms with E-state index in [0.29, 0.717) is 78.0 Å². The number of hydrogen-bond acceptors (Lipinski definition) is 14. The summed E-state index contributed by atoms with van der Waals surface area (Å²) < 4.78 is 29.6. The van der Waals surface area contributed by atoms with Gasteiger partial charge in [0.25, 0.3) is 0 Å². The van der Waals surface area contributed by atoms with E-state index in [0.717, 1.165) is 22.3 Å². The van der Waals surface area contributed by atoms with Crippen LogP contribution in [0.5, 0.6) is 23.0 Å². The van der Waals surface area contributed by atoms with Gasteiger partial charge in [0.2, 0.25) is 0 Å². The molecule has 14 heteroatoms. The zero-order valence-corrected chi connectivity index (χ0v) is 45.7. The Morgan fingerprint density at radius 2 is 0.744 bits per heavy atom. The summed E-state index contributed by atoms with van der Waals surface area (Å²) in [5, 5.41) is 61.7. The molecule has 0 fully saturated rings. The van der Waals surface area contributed by atoms with E-state index in [2.05, 4.69) is 10.6 Å². The summed E-state index contributed by atoms with van der Waals surface area (Å²) in [6, 6.07) is 65.2. The molecule has 426 valence electrons. The summed E-state index contributed by atoms with van der Waals surface area (Å²) in [5.74, 6) is 1.80. The highest BCUT2D eigenvalue weighted by Gasteiger charge is 2.25. The number of carbonyl (C=O) groups excluding carboxylic acids is 2. The highest BCUT2D eigenvalue weighted by atomic mass is 16.5. The number of nitrogens with one attached hydrogen (secondary N) is 2. The van der Waals surface area contributed by atoms with Crippen LogP contribution in [-0.4, -0.2) is 127 Å². The molecular formula is C68H72N2O12. The number of ketones is 2. The second-order valence-electron chi connectivity index (χ2n) is 20.0. The molecule has 0 aliphatic heterocycles. The second kappa shape index (κ2) is 31.8. The predicted octanol–water partition coefficient (Wildman–Crippen LogP) is 8.77. The zero-order valence-electron chi connectivity index (χ0n) is 45.7. The summed E-state index contributed by atoms with van der Waals surface area (Å²) in [7, 11) is 0. The molecule has 7 atom stereocenters. The summed E-state index contributed by atoms with van der Waals surface area (Å²) >= 11 is 0. The first-order valence-corrected chi connectivity index (χ1v) is 27.7. The van der Waals surface area contributed by atoms with Crippen molar-refractivity contribution in [2.75, 3.05) is 59.3 Å². The Hall–Kier alpha value is -8.02. The molecule has 14 nitrogen and oxygen atoms in total. The van der Waals surface area contributed by atoms with Gasteiger partial charge in [0.05, 0.1) is 25.4 Å². The lowest BCUT2D eigenvalue weighted by Gasteiger charge is -2.26. The van der Waals surface area contributed by atoms with E-state index in [1.807, 2.05) is 133 Å². The fourth-order valence-electron chi connectivity index (χ4n) is 9.28. The molecule has 82 heavy (non-hydrogen) atoms. The Labute approximate surface area is 479 Å². The van der Waals surface area contributed by atoms with Gasteiger partial charge < -0.3 is 59.9 Å². The quantitative estimate of drug-likeness (QED) is 0.0149. The van der Waals surface area contributed by atoms with Gasteiger partial charge in [-0.05, 0) is 108 Å². The van der Waals surface area contributed by atoms with Crippen LogP contribution >= 0.6 is 0 Å². The smallest absolute Gasteiger partial charge is 0.193 e. The minimum Gasteiger partial charge on any atom is -0.491 e. The van der Waals surface area contributed by atoms with Crippen LogP contribution in [0.1, 0.15) is 79.0 Å². The number of rotatable bonds is 34. The van der Waals surface area contributed by atoms with Crippen molar-refractivity contribution < 1.29 is 58.8 Å². The van der Waals surface area contributed by atoms with Crippen molar-refractivity contribution in [2.24, 2.45) is 0 Å². The summed E-state index contributed by atoms with van der Waals surface area (Å²) in [4.78, 5) is 25.8. The third-order valence-electron chi connectivity index (χ3n) is 13.8. The second-order valence-corrected chi connectivity index (χ2v) is 20.0. The van der Waals surface area contributed by atoms with E-state index >= 15 is 0 Å². The molecule has 8 rings (SSSR count). The molecule has 0 aliphatic carbocycles. The van der Waals surface area contributed by atoms with E-state index in [-0.39, 0.29) is 56.9 Å². The summed E-state index contributed by atoms with van der Waals surface area (Å²) in [6.45, 7) is 1.69. The van der Waals surface area contributed by atoms with Crippen LogP contribution in [-0.2, 0) is 4.74 Å². The van der Waals surface area contributed by atoms with Crippen molar-refractivity contribution in [3.63, 3.8) is 0 Å². The first-order chi connectivity index (χ1) is 40.1. The van der Waals surface area contributed by atoms with E-state index in [4.69, 9.17) is 23.7 Å². The number of aliphatic hydroxyl groups is 5. The molecule has 0 radical (unpaired) electrons. The van der Waals surface area contributed by atoms with Gasteiger partial charge in [-0.1, -0.05) is 146 Å². The Bertz CT molecular complexity index is 3100. The van der Waals surface area contributed by atoms with E-state index in [1.54, 1.807) is 84.9 Å². The van der Waals surface area contributed by atoms with Crippen molar-refractivity contribution in [2.45, 2.75) is 55.3 Å². The molecule has 8 aromatic carbocycles. The maximum Gasteiger partial charge on any atom is 0.193 e. The SMILES string of the molecule is O=C(c1ccccc1)c1ccc(OCC(O)CC(NCCOCCNCC(O)COc2ccc(C(CC(O)COc3ccc(C(O)c4ccccc4)cc3)c3ccccc3)cc2)C(O)COc2ccc(C(=O)c3ccccc3)cc2)cc1. The van der Waals surface area contributed by atoms with Gasteiger partial charge in [-0.25, -0.2) is 0 Å². The topological polar surface area (TPSA) is 205 Å². The lowest BCUT2D eigenvalue weighted by molar-refractivity contribution is 0.0307. The van der Waals surface area contributed by atoms with Crippen molar-refractivity contribution in [1.29, 1.82) is 0 Å². The first kappa shape index (κ1) is 60.1. The van der Waals surface area contributed by atoms with Gasteiger partial charge in [-0.2, -0.15) is 0 Å². The molecule has 0 saturated heterocycles. The molecule has 8 aromatic rings. The number of hydrogen-bond donors (Lipinski definition) is 7. The van der Waals surface area contributed by atoms with Crippen molar-refractivity contribution in [3.8, 4) is 23.0 Å². The number of aliphatic hydroxyl groups excluding tert-OH is 5. The first-order valence-electron chi connectivity index (χ1n) is 27.7. The fourth-order valence-corrected chi connectivity index (χ4v) is 9.28. The van der Waals surface area contributed by atoms with Gasteiger partial charge in [-0.3, -0.25) is 9.59 Å². The minimum absolute atomic E-state index is 0.0626. The number of carbonyl (C=O) groups is 2. The molecular weight excluding hydrogens is 1040 g/mol. The summed E-state index contributed by atoms with van der Waals surface area (Å²) in [5.41, 5.74) is 5.78. The highest BCUT2D eigenvalue weighted by Crippen LogP contribution is 2.32. The molecule has 0 saturated carbocycles. The van der Waals surface area contributed by atoms with Crippen LogP contribution in [0, 0.1) is 0 Å². The molecule has 0 aromatic heterocycles. The fraction of sp³-hybridized carbons (Fsp3) is 0.265. The van der Waals surface area contributed by atoms with Crippen LogP contribution in [0.2, 0.25) is 0 Å². The number of ether oxygens (including phenoxy) is 5. The zero-order chi connectivity index (χ0) is 57.3. The van der Waals surface area contributed by atoms with Crippen molar-refractivity contribution in [1.82, 2.24) is 10.6 Å². The maximum absolute atomic E-state index is 12.9. The molecule has 0 heterocycles. The molecule has 7 N–H and O–H groups in total. The Morgan fingerprint density at radius 3 is 1.24 bits per heavy atom.